The standard InChI is InChI=1S/C16H22N4O3/c1-3-11-5-7-13(8-6-11)20-18-14(10-22)15(19-20)16(23)17-12(4-2)9-21/h5-8,12,21-22H,3-4,9-10H2,1-2H3,(H,17,23). The number of benzene rings is 1. The van der Waals surface area contributed by atoms with Gasteiger partial charge in [0.1, 0.15) is 5.69 Å². The summed E-state index contributed by atoms with van der Waals surface area (Å²) in [5.41, 5.74) is 2.17. The maximum Gasteiger partial charge on any atom is 0.274 e. The Labute approximate surface area is 135 Å². The molecule has 0 radical (unpaired) electrons. The molecule has 0 bridgehead atoms. The fourth-order valence-electron chi connectivity index (χ4n) is 2.13. The van der Waals surface area contributed by atoms with E-state index in [1.54, 1.807) is 0 Å². The summed E-state index contributed by atoms with van der Waals surface area (Å²) in [5.74, 6) is -0.452. The molecule has 124 valence electrons. The van der Waals surface area contributed by atoms with Crippen LogP contribution in [0.4, 0.5) is 0 Å². The number of hydrogen-bond acceptors (Lipinski definition) is 5. The molecule has 7 nitrogen and oxygen atoms in total. The van der Waals surface area contributed by atoms with Crippen molar-refractivity contribution in [2.75, 3.05) is 6.61 Å². The molecule has 3 N–H and O–H groups in total. The number of nitrogens with one attached hydrogen (secondary N) is 1. The summed E-state index contributed by atoms with van der Waals surface area (Å²) in [6.07, 6.45) is 1.53. The van der Waals surface area contributed by atoms with Crippen LogP contribution in [-0.4, -0.2) is 43.8 Å². The van der Waals surface area contributed by atoms with E-state index in [4.69, 9.17) is 0 Å². The number of rotatable bonds is 7. The van der Waals surface area contributed by atoms with E-state index in [0.29, 0.717) is 12.1 Å². The van der Waals surface area contributed by atoms with E-state index in [1.165, 1.54) is 10.4 Å². The molecule has 1 unspecified atom stereocenters. The van der Waals surface area contributed by atoms with Crippen LogP contribution in [0.1, 0.15) is 42.0 Å². The van der Waals surface area contributed by atoms with Gasteiger partial charge < -0.3 is 15.5 Å². The van der Waals surface area contributed by atoms with Crippen molar-refractivity contribution < 1.29 is 15.0 Å². The van der Waals surface area contributed by atoms with Crippen LogP contribution in [0.5, 0.6) is 0 Å². The van der Waals surface area contributed by atoms with Gasteiger partial charge in [0.15, 0.2) is 5.69 Å². The minimum Gasteiger partial charge on any atom is -0.394 e. The van der Waals surface area contributed by atoms with Crippen molar-refractivity contribution >= 4 is 5.91 Å². The van der Waals surface area contributed by atoms with Crippen LogP contribution in [0.25, 0.3) is 5.69 Å². The average molecular weight is 318 g/mol. The Morgan fingerprint density at radius 3 is 2.43 bits per heavy atom. The summed E-state index contributed by atoms with van der Waals surface area (Å²) in [7, 11) is 0. The normalized spacial score (nSPS) is 12.2. The lowest BCUT2D eigenvalue weighted by Crippen LogP contribution is -2.37. The molecular formula is C16H22N4O3. The summed E-state index contributed by atoms with van der Waals surface area (Å²) in [5, 5.41) is 29.6. The average Bonchev–Trinajstić information content (AvgIpc) is 3.04. The van der Waals surface area contributed by atoms with E-state index in [9.17, 15) is 15.0 Å². The highest BCUT2D eigenvalue weighted by molar-refractivity contribution is 5.93. The van der Waals surface area contributed by atoms with Crippen LogP contribution >= 0.6 is 0 Å². The van der Waals surface area contributed by atoms with Crippen molar-refractivity contribution in [3.8, 4) is 5.69 Å². The number of aliphatic hydroxyl groups excluding tert-OH is 2. The highest BCUT2D eigenvalue weighted by Gasteiger charge is 2.20. The zero-order chi connectivity index (χ0) is 16.8. The predicted molar refractivity (Wildman–Crippen MR) is 85.3 cm³/mol. The monoisotopic (exact) mass is 318 g/mol. The molecule has 1 aromatic carbocycles. The van der Waals surface area contributed by atoms with Gasteiger partial charge >= 0.3 is 0 Å². The van der Waals surface area contributed by atoms with Gasteiger partial charge in [-0.25, -0.2) is 0 Å². The fourth-order valence-corrected chi connectivity index (χ4v) is 2.13. The molecule has 0 saturated heterocycles. The maximum atomic E-state index is 12.2. The van der Waals surface area contributed by atoms with Crippen molar-refractivity contribution in [2.24, 2.45) is 0 Å². The number of carbonyl (C=O) groups is 1. The van der Waals surface area contributed by atoms with Gasteiger partial charge in [-0.2, -0.15) is 4.80 Å². The van der Waals surface area contributed by atoms with E-state index < -0.39 is 5.91 Å². The summed E-state index contributed by atoms with van der Waals surface area (Å²) < 4.78 is 0. The number of amides is 1. The van der Waals surface area contributed by atoms with Crippen LogP contribution in [0.15, 0.2) is 24.3 Å². The first-order valence-electron chi connectivity index (χ1n) is 7.71. The van der Waals surface area contributed by atoms with Crippen LogP contribution < -0.4 is 5.32 Å². The third-order valence-corrected chi connectivity index (χ3v) is 3.67. The van der Waals surface area contributed by atoms with Crippen LogP contribution in [0, 0.1) is 0 Å². The molecule has 1 heterocycles. The van der Waals surface area contributed by atoms with Gasteiger partial charge in [0.25, 0.3) is 5.91 Å². The SMILES string of the molecule is CCc1ccc(-n2nc(CO)c(C(=O)NC(CC)CO)n2)cc1. The molecule has 0 saturated carbocycles. The first kappa shape index (κ1) is 17.1. The van der Waals surface area contributed by atoms with E-state index in [1.807, 2.05) is 31.2 Å². The van der Waals surface area contributed by atoms with E-state index in [-0.39, 0.29) is 30.6 Å². The second kappa shape index (κ2) is 7.85. The summed E-state index contributed by atoms with van der Waals surface area (Å²) in [4.78, 5) is 13.6. The number of aryl methyl sites for hydroxylation is 1. The lowest BCUT2D eigenvalue weighted by molar-refractivity contribution is 0.0906. The number of aliphatic hydroxyl groups is 2. The fraction of sp³-hybridized carbons (Fsp3) is 0.438. The van der Waals surface area contributed by atoms with E-state index >= 15 is 0 Å². The minimum absolute atomic E-state index is 0.0685. The smallest absolute Gasteiger partial charge is 0.274 e. The molecule has 0 fully saturated rings. The summed E-state index contributed by atoms with van der Waals surface area (Å²) in [6.45, 7) is 3.40. The van der Waals surface area contributed by atoms with Crippen molar-refractivity contribution in [1.82, 2.24) is 20.3 Å². The van der Waals surface area contributed by atoms with Gasteiger partial charge in [0.05, 0.1) is 24.9 Å². The summed E-state index contributed by atoms with van der Waals surface area (Å²) >= 11 is 0. The lowest BCUT2D eigenvalue weighted by Gasteiger charge is -2.12. The van der Waals surface area contributed by atoms with Crippen LogP contribution in [-0.2, 0) is 13.0 Å². The molecule has 2 rings (SSSR count). The number of nitrogens with zero attached hydrogens (tertiary/aromatic N) is 3. The topological polar surface area (TPSA) is 100 Å². The first-order valence-corrected chi connectivity index (χ1v) is 7.71. The second-order valence-electron chi connectivity index (χ2n) is 5.22. The molecule has 2 aromatic rings. The molecular weight excluding hydrogens is 296 g/mol. The molecule has 0 aliphatic carbocycles. The van der Waals surface area contributed by atoms with E-state index in [0.717, 1.165) is 6.42 Å². The van der Waals surface area contributed by atoms with Gasteiger partial charge in [-0.1, -0.05) is 26.0 Å². The van der Waals surface area contributed by atoms with Crippen LogP contribution in [0.3, 0.4) is 0 Å². The van der Waals surface area contributed by atoms with Gasteiger partial charge in [0.2, 0.25) is 0 Å². The zero-order valence-electron chi connectivity index (χ0n) is 13.4. The van der Waals surface area contributed by atoms with Gasteiger partial charge in [-0.3, -0.25) is 4.79 Å². The third-order valence-electron chi connectivity index (χ3n) is 3.67. The van der Waals surface area contributed by atoms with Gasteiger partial charge in [-0.05, 0) is 30.5 Å². The van der Waals surface area contributed by atoms with Gasteiger partial charge in [0, 0.05) is 0 Å². The molecule has 0 aliphatic rings. The zero-order valence-corrected chi connectivity index (χ0v) is 13.4. The Balaban J connectivity index is 2.27. The number of hydrogen-bond donors (Lipinski definition) is 3. The van der Waals surface area contributed by atoms with Crippen molar-refractivity contribution in [1.29, 1.82) is 0 Å². The largest absolute Gasteiger partial charge is 0.394 e. The number of aromatic nitrogens is 3. The maximum absolute atomic E-state index is 12.2. The highest BCUT2D eigenvalue weighted by atomic mass is 16.3. The molecule has 1 amide bonds. The third kappa shape index (κ3) is 3.94. The Morgan fingerprint density at radius 1 is 1.22 bits per heavy atom. The Kier molecular flexibility index (Phi) is 5.84. The molecule has 1 aromatic heterocycles. The Bertz CT molecular complexity index is 648. The van der Waals surface area contributed by atoms with Crippen LogP contribution in [0.2, 0.25) is 0 Å². The Morgan fingerprint density at radius 2 is 1.91 bits per heavy atom. The van der Waals surface area contributed by atoms with Crippen molar-refractivity contribution in [2.45, 2.75) is 39.3 Å². The highest BCUT2D eigenvalue weighted by Crippen LogP contribution is 2.11. The molecule has 1 atom stereocenters. The Hall–Kier alpha value is -2.25. The molecule has 0 spiro atoms. The summed E-state index contributed by atoms with van der Waals surface area (Å²) in [6, 6.07) is 7.32. The van der Waals surface area contributed by atoms with Crippen molar-refractivity contribution in [3.63, 3.8) is 0 Å². The van der Waals surface area contributed by atoms with E-state index in [2.05, 4.69) is 22.4 Å². The molecule has 7 heteroatoms. The molecule has 23 heavy (non-hydrogen) atoms. The second-order valence-corrected chi connectivity index (χ2v) is 5.22. The molecule has 0 aliphatic heterocycles. The number of carbonyl (C=O) groups excluding carboxylic acids is 1. The van der Waals surface area contributed by atoms with Crippen molar-refractivity contribution in [3.05, 3.63) is 41.2 Å². The predicted octanol–water partition coefficient (Wildman–Crippen LogP) is 0.823. The first-order chi connectivity index (χ1) is 11.1. The quantitative estimate of drug-likeness (QED) is 0.702. The lowest BCUT2D eigenvalue weighted by atomic mass is 10.2. The minimum atomic E-state index is -0.452. The van der Waals surface area contributed by atoms with Gasteiger partial charge in [-0.15, -0.1) is 10.2 Å².